The Morgan fingerprint density at radius 3 is 2.59 bits per heavy atom. The second-order valence-corrected chi connectivity index (χ2v) is 5.50. The standard InChI is InChI=1S/C9H12ClN3O3S/c10-7-5-6(1-2-8(7)11)9(14)13-3-4-17(12,15)16/h1-2,5H,3-4,11H2,(H,13,14)(H2,12,15,16). The van der Waals surface area contributed by atoms with Crippen molar-refractivity contribution < 1.29 is 13.2 Å². The largest absolute Gasteiger partial charge is 0.398 e. The Hall–Kier alpha value is -1.31. The van der Waals surface area contributed by atoms with Crippen LogP contribution in [0.4, 0.5) is 5.69 Å². The fraction of sp³-hybridized carbons (Fsp3) is 0.222. The Morgan fingerprint density at radius 1 is 1.41 bits per heavy atom. The average Bonchev–Trinajstić information content (AvgIpc) is 2.20. The predicted octanol–water partition coefficient (Wildman–Crippen LogP) is -0.0595. The van der Waals surface area contributed by atoms with Crippen molar-refractivity contribution in [1.82, 2.24) is 5.32 Å². The Kier molecular flexibility index (Phi) is 4.33. The van der Waals surface area contributed by atoms with Crippen LogP contribution in [0.15, 0.2) is 18.2 Å². The van der Waals surface area contributed by atoms with Crippen molar-refractivity contribution in [2.75, 3.05) is 18.0 Å². The molecule has 1 aromatic rings. The van der Waals surface area contributed by atoms with E-state index in [0.717, 1.165) is 0 Å². The summed E-state index contributed by atoms with van der Waals surface area (Å²) >= 11 is 5.74. The molecule has 17 heavy (non-hydrogen) atoms. The minimum atomic E-state index is -3.58. The predicted molar refractivity (Wildman–Crippen MR) is 66.2 cm³/mol. The number of carbonyl (C=O) groups is 1. The van der Waals surface area contributed by atoms with Crippen LogP contribution < -0.4 is 16.2 Å². The first kappa shape index (κ1) is 13.8. The van der Waals surface area contributed by atoms with Crippen LogP contribution in [0.5, 0.6) is 0 Å². The number of primary sulfonamides is 1. The number of anilines is 1. The lowest BCUT2D eigenvalue weighted by molar-refractivity contribution is 0.0956. The Labute approximate surface area is 104 Å². The highest BCUT2D eigenvalue weighted by Gasteiger charge is 2.08. The van der Waals surface area contributed by atoms with Gasteiger partial charge >= 0.3 is 0 Å². The zero-order valence-electron chi connectivity index (χ0n) is 8.81. The van der Waals surface area contributed by atoms with E-state index in [9.17, 15) is 13.2 Å². The van der Waals surface area contributed by atoms with Gasteiger partial charge in [0, 0.05) is 12.1 Å². The fourth-order valence-corrected chi connectivity index (χ4v) is 1.64. The zero-order chi connectivity index (χ0) is 13.1. The van der Waals surface area contributed by atoms with E-state index in [0.29, 0.717) is 11.3 Å². The van der Waals surface area contributed by atoms with E-state index in [1.807, 2.05) is 0 Å². The second-order valence-electron chi connectivity index (χ2n) is 3.36. The summed E-state index contributed by atoms with van der Waals surface area (Å²) in [5.41, 5.74) is 6.16. The molecule has 0 heterocycles. The number of hydrogen-bond donors (Lipinski definition) is 3. The molecule has 0 fully saturated rings. The van der Waals surface area contributed by atoms with Crippen molar-refractivity contribution in [1.29, 1.82) is 0 Å². The monoisotopic (exact) mass is 277 g/mol. The van der Waals surface area contributed by atoms with E-state index >= 15 is 0 Å². The maximum absolute atomic E-state index is 11.5. The first-order valence-electron chi connectivity index (χ1n) is 4.63. The third-order valence-corrected chi connectivity index (χ3v) is 3.04. The van der Waals surface area contributed by atoms with Gasteiger partial charge < -0.3 is 11.1 Å². The van der Waals surface area contributed by atoms with Crippen molar-refractivity contribution in [3.63, 3.8) is 0 Å². The lowest BCUT2D eigenvalue weighted by atomic mass is 10.2. The molecule has 0 bridgehead atoms. The van der Waals surface area contributed by atoms with Crippen molar-refractivity contribution in [3.8, 4) is 0 Å². The molecule has 1 aromatic carbocycles. The Balaban J connectivity index is 2.61. The molecule has 0 spiro atoms. The third-order valence-electron chi connectivity index (χ3n) is 1.93. The van der Waals surface area contributed by atoms with Gasteiger partial charge in [0.1, 0.15) is 0 Å². The summed E-state index contributed by atoms with van der Waals surface area (Å²) in [6.07, 6.45) is 0. The fourth-order valence-electron chi connectivity index (χ4n) is 1.08. The van der Waals surface area contributed by atoms with Gasteiger partial charge in [-0.25, -0.2) is 13.6 Å². The van der Waals surface area contributed by atoms with Gasteiger partial charge in [-0.2, -0.15) is 0 Å². The molecule has 0 aliphatic rings. The van der Waals surface area contributed by atoms with E-state index in [-0.39, 0.29) is 17.3 Å². The summed E-state index contributed by atoms with van der Waals surface area (Å²) < 4.78 is 21.3. The van der Waals surface area contributed by atoms with Crippen LogP contribution in [-0.4, -0.2) is 26.6 Å². The first-order chi connectivity index (χ1) is 7.79. The summed E-state index contributed by atoms with van der Waals surface area (Å²) in [7, 11) is -3.58. The Bertz CT molecular complexity index is 530. The van der Waals surface area contributed by atoms with Crippen LogP contribution in [0, 0.1) is 0 Å². The number of benzene rings is 1. The number of hydrogen-bond acceptors (Lipinski definition) is 4. The lowest BCUT2D eigenvalue weighted by Gasteiger charge is -2.05. The topological polar surface area (TPSA) is 115 Å². The number of carbonyl (C=O) groups excluding carboxylic acids is 1. The van der Waals surface area contributed by atoms with Gasteiger partial charge in [0.2, 0.25) is 10.0 Å². The molecule has 0 unspecified atom stereocenters. The van der Waals surface area contributed by atoms with Crippen molar-refractivity contribution in [2.24, 2.45) is 5.14 Å². The highest BCUT2D eigenvalue weighted by molar-refractivity contribution is 7.89. The van der Waals surface area contributed by atoms with Gasteiger partial charge in [-0.3, -0.25) is 4.79 Å². The van der Waals surface area contributed by atoms with E-state index in [4.69, 9.17) is 22.5 Å². The molecule has 0 saturated carbocycles. The number of nitrogen functional groups attached to an aromatic ring is 1. The molecule has 6 nitrogen and oxygen atoms in total. The molecule has 0 aliphatic heterocycles. The molecular formula is C9H12ClN3O3S. The molecule has 0 radical (unpaired) electrons. The molecule has 8 heteroatoms. The van der Waals surface area contributed by atoms with Gasteiger partial charge in [0.25, 0.3) is 5.91 Å². The Morgan fingerprint density at radius 2 is 2.06 bits per heavy atom. The number of amides is 1. The molecular weight excluding hydrogens is 266 g/mol. The summed E-state index contributed by atoms with van der Waals surface area (Å²) in [6.45, 7) is -0.0559. The number of sulfonamides is 1. The summed E-state index contributed by atoms with van der Waals surface area (Å²) in [6, 6.07) is 4.40. The van der Waals surface area contributed by atoms with Crippen LogP contribution >= 0.6 is 11.6 Å². The first-order valence-corrected chi connectivity index (χ1v) is 6.72. The number of rotatable bonds is 4. The summed E-state index contributed by atoms with van der Waals surface area (Å²) in [5.74, 6) is -0.753. The molecule has 94 valence electrons. The van der Waals surface area contributed by atoms with Crippen LogP contribution in [0.1, 0.15) is 10.4 Å². The number of halogens is 1. The molecule has 1 amide bonds. The van der Waals surface area contributed by atoms with E-state index < -0.39 is 15.9 Å². The highest BCUT2D eigenvalue weighted by Crippen LogP contribution is 2.19. The summed E-state index contributed by atoms with van der Waals surface area (Å²) in [4.78, 5) is 11.5. The normalized spacial score (nSPS) is 11.2. The highest BCUT2D eigenvalue weighted by atomic mass is 35.5. The van der Waals surface area contributed by atoms with Gasteiger partial charge in [0.05, 0.1) is 16.5 Å². The molecule has 1 rings (SSSR count). The smallest absolute Gasteiger partial charge is 0.251 e. The number of nitrogens with two attached hydrogens (primary N) is 2. The SMILES string of the molecule is Nc1ccc(C(=O)NCCS(N)(=O)=O)cc1Cl. The maximum Gasteiger partial charge on any atom is 0.251 e. The van der Waals surface area contributed by atoms with Crippen molar-refractivity contribution in [2.45, 2.75) is 0 Å². The quantitative estimate of drug-likeness (QED) is 0.669. The van der Waals surface area contributed by atoms with E-state index in [1.165, 1.54) is 18.2 Å². The third kappa shape index (κ3) is 4.59. The van der Waals surface area contributed by atoms with E-state index in [1.54, 1.807) is 0 Å². The minimum absolute atomic E-state index is 0.0559. The number of nitrogens with one attached hydrogen (secondary N) is 1. The van der Waals surface area contributed by atoms with Crippen molar-refractivity contribution >= 4 is 33.2 Å². The average molecular weight is 278 g/mol. The van der Waals surface area contributed by atoms with Crippen LogP contribution in [-0.2, 0) is 10.0 Å². The second kappa shape index (κ2) is 5.35. The molecule has 0 saturated heterocycles. The van der Waals surface area contributed by atoms with Gasteiger partial charge in [0.15, 0.2) is 0 Å². The lowest BCUT2D eigenvalue weighted by Crippen LogP contribution is -2.31. The molecule has 5 N–H and O–H groups in total. The molecule has 0 atom stereocenters. The summed E-state index contributed by atoms with van der Waals surface area (Å²) in [5, 5.41) is 7.46. The maximum atomic E-state index is 11.5. The van der Waals surface area contributed by atoms with Crippen LogP contribution in [0.25, 0.3) is 0 Å². The minimum Gasteiger partial charge on any atom is -0.398 e. The van der Waals surface area contributed by atoms with Crippen molar-refractivity contribution in [3.05, 3.63) is 28.8 Å². The van der Waals surface area contributed by atoms with Crippen LogP contribution in [0.3, 0.4) is 0 Å². The van der Waals surface area contributed by atoms with Crippen LogP contribution in [0.2, 0.25) is 5.02 Å². The zero-order valence-corrected chi connectivity index (χ0v) is 10.4. The molecule has 0 aliphatic carbocycles. The molecule has 0 aromatic heterocycles. The van der Waals surface area contributed by atoms with E-state index in [2.05, 4.69) is 5.32 Å². The van der Waals surface area contributed by atoms with Gasteiger partial charge in [-0.15, -0.1) is 0 Å². The van der Waals surface area contributed by atoms with Gasteiger partial charge in [-0.05, 0) is 18.2 Å². The van der Waals surface area contributed by atoms with Gasteiger partial charge in [-0.1, -0.05) is 11.6 Å².